The number of thioether (sulfide) groups is 1. The van der Waals surface area contributed by atoms with Gasteiger partial charge in [-0.05, 0) is 46.1 Å². The molecule has 5 heteroatoms. The third kappa shape index (κ3) is 2.37. The van der Waals surface area contributed by atoms with Gasteiger partial charge in [-0.3, -0.25) is 4.98 Å². The highest BCUT2D eigenvalue weighted by Crippen LogP contribution is 2.36. The van der Waals surface area contributed by atoms with Gasteiger partial charge in [0.05, 0.1) is 16.8 Å². The lowest BCUT2D eigenvalue weighted by Gasteiger charge is -2.32. The molecule has 1 fully saturated rings. The van der Waals surface area contributed by atoms with E-state index in [9.17, 15) is 0 Å². The number of hydrogen-bond donors (Lipinski definition) is 0. The van der Waals surface area contributed by atoms with Crippen LogP contribution in [0.15, 0.2) is 23.2 Å². The van der Waals surface area contributed by atoms with E-state index >= 15 is 0 Å². The van der Waals surface area contributed by atoms with Gasteiger partial charge < -0.3 is 9.31 Å². The van der Waals surface area contributed by atoms with Crippen LogP contribution in [-0.4, -0.2) is 29.6 Å². The van der Waals surface area contributed by atoms with Gasteiger partial charge in [-0.1, -0.05) is 0 Å². The van der Waals surface area contributed by atoms with Crippen LogP contribution in [-0.2, 0) is 9.31 Å². The fraction of sp³-hybridized carbons (Fsp3) is 0.583. The summed E-state index contributed by atoms with van der Waals surface area (Å²) in [5, 5.41) is 0. The fourth-order valence-electron chi connectivity index (χ4n) is 1.62. The molecule has 0 unspecified atom stereocenters. The quantitative estimate of drug-likeness (QED) is 0.595. The van der Waals surface area contributed by atoms with Gasteiger partial charge in [0.2, 0.25) is 0 Å². The molecule has 0 N–H and O–H groups in total. The zero-order valence-corrected chi connectivity index (χ0v) is 11.8. The minimum Gasteiger partial charge on any atom is -0.398 e. The van der Waals surface area contributed by atoms with Gasteiger partial charge in [0.15, 0.2) is 0 Å². The first kappa shape index (κ1) is 12.9. The average molecular weight is 251 g/mol. The van der Waals surface area contributed by atoms with Crippen LogP contribution in [0.2, 0.25) is 0 Å². The topological polar surface area (TPSA) is 31.4 Å². The van der Waals surface area contributed by atoms with Crippen molar-refractivity contribution >= 4 is 24.5 Å². The summed E-state index contributed by atoms with van der Waals surface area (Å²) in [6.45, 7) is 8.18. The lowest BCUT2D eigenvalue weighted by atomic mass is 9.84. The van der Waals surface area contributed by atoms with Crippen LogP contribution in [0, 0.1) is 0 Å². The lowest BCUT2D eigenvalue weighted by molar-refractivity contribution is 0.00578. The van der Waals surface area contributed by atoms with Gasteiger partial charge in [0, 0.05) is 11.1 Å². The monoisotopic (exact) mass is 251 g/mol. The van der Waals surface area contributed by atoms with Crippen LogP contribution < -0.4 is 5.59 Å². The van der Waals surface area contributed by atoms with Crippen molar-refractivity contribution in [3.63, 3.8) is 0 Å². The molecule has 0 aromatic carbocycles. The van der Waals surface area contributed by atoms with Crippen molar-refractivity contribution in [3.8, 4) is 0 Å². The molecule has 3 nitrogen and oxygen atoms in total. The Morgan fingerprint density at radius 3 is 2.12 bits per heavy atom. The summed E-state index contributed by atoms with van der Waals surface area (Å²) in [4.78, 5) is 5.54. The minimum atomic E-state index is -0.365. The second-order valence-corrected chi connectivity index (χ2v) is 6.09. The van der Waals surface area contributed by atoms with E-state index in [1.165, 1.54) is 0 Å². The zero-order chi connectivity index (χ0) is 12.7. The van der Waals surface area contributed by atoms with Gasteiger partial charge in [0.25, 0.3) is 0 Å². The molecular weight excluding hydrogens is 233 g/mol. The smallest absolute Gasteiger partial charge is 0.398 e. The van der Waals surface area contributed by atoms with Crippen LogP contribution in [0.25, 0.3) is 0 Å². The Morgan fingerprint density at radius 2 is 1.71 bits per heavy atom. The molecule has 1 aromatic heterocycles. The van der Waals surface area contributed by atoms with Crippen LogP contribution in [0.3, 0.4) is 0 Å². The Labute approximate surface area is 107 Å². The molecule has 0 bridgehead atoms. The van der Waals surface area contributed by atoms with Crippen molar-refractivity contribution in [2.75, 3.05) is 6.26 Å². The van der Waals surface area contributed by atoms with E-state index in [2.05, 4.69) is 4.98 Å². The first-order valence-corrected chi connectivity index (χ1v) is 6.94. The predicted octanol–water partition coefficient (Wildman–Crippen LogP) is 2.10. The van der Waals surface area contributed by atoms with Crippen LogP contribution in [0.4, 0.5) is 0 Å². The highest BCUT2D eigenvalue weighted by Gasteiger charge is 2.52. The van der Waals surface area contributed by atoms with Crippen molar-refractivity contribution in [2.45, 2.75) is 43.8 Å². The maximum atomic E-state index is 5.93. The van der Waals surface area contributed by atoms with E-state index < -0.39 is 0 Å². The predicted molar refractivity (Wildman–Crippen MR) is 71.7 cm³/mol. The Kier molecular flexibility index (Phi) is 3.27. The largest absolute Gasteiger partial charge is 0.514 e. The van der Waals surface area contributed by atoms with Crippen molar-refractivity contribution < 1.29 is 9.31 Å². The number of nitrogens with zero attached hydrogens (tertiary/aromatic N) is 1. The molecule has 17 heavy (non-hydrogen) atoms. The molecule has 92 valence electrons. The molecule has 1 aromatic rings. The molecule has 1 aliphatic heterocycles. The summed E-state index contributed by atoms with van der Waals surface area (Å²) in [5.41, 5.74) is 0.219. The van der Waals surface area contributed by atoms with Crippen molar-refractivity contribution in [1.82, 2.24) is 4.98 Å². The van der Waals surface area contributed by atoms with E-state index in [-0.39, 0.29) is 18.3 Å². The van der Waals surface area contributed by atoms with Gasteiger partial charge in [-0.2, -0.15) is 0 Å². The average Bonchev–Trinajstić information content (AvgIpc) is 2.48. The molecule has 0 aliphatic carbocycles. The summed E-state index contributed by atoms with van der Waals surface area (Å²) < 4.78 is 11.9. The van der Waals surface area contributed by atoms with Gasteiger partial charge in [0.1, 0.15) is 0 Å². The lowest BCUT2D eigenvalue weighted by Crippen LogP contribution is -2.41. The molecule has 0 amide bonds. The molecule has 2 rings (SSSR count). The molecule has 0 spiro atoms. The third-order valence-corrected chi connectivity index (χ3v) is 4.20. The first-order valence-electron chi connectivity index (χ1n) is 5.71. The van der Waals surface area contributed by atoms with Crippen molar-refractivity contribution in [2.24, 2.45) is 0 Å². The van der Waals surface area contributed by atoms with Crippen LogP contribution in [0.5, 0.6) is 0 Å². The van der Waals surface area contributed by atoms with Crippen LogP contribution in [0.1, 0.15) is 27.7 Å². The van der Waals surface area contributed by atoms with Gasteiger partial charge in [-0.25, -0.2) is 0 Å². The van der Waals surface area contributed by atoms with E-state index in [0.717, 1.165) is 10.5 Å². The molecular formula is C12H18BNO2S. The second kappa shape index (κ2) is 4.30. The van der Waals surface area contributed by atoms with E-state index in [4.69, 9.17) is 9.31 Å². The van der Waals surface area contributed by atoms with E-state index in [1.807, 2.05) is 52.3 Å². The standard InChI is InChI=1S/C12H18BNO2S/c1-11(2)12(3,4)16-13(15-11)10-7-6-9(17-5)8-14-10/h6-8H,1-5H3. The summed E-state index contributed by atoms with van der Waals surface area (Å²) in [6.07, 6.45) is 3.89. The Morgan fingerprint density at radius 1 is 1.12 bits per heavy atom. The summed E-state index contributed by atoms with van der Waals surface area (Å²) >= 11 is 1.68. The van der Waals surface area contributed by atoms with Gasteiger partial charge >= 0.3 is 7.12 Å². The molecule has 1 saturated heterocycles. The van der Waals surface area contributed by atoms with Crippen LogP contribution >= 0.6 is 11.8 Å². The molecule has 0 atom stereocenters. The summed E-state index contributed by atoms with van der Waals surface area (Å²) in [5.74, 6) is 0. The van der Waals surface area contributed by atoms with E-state index in [1.54, 1.807) is 11.8 Å². The zero-order valence-electron chi connectivity index (χ0n) is 11.0. The number of rotatable bonds is 2. The van der Waals surface area contributed by atoms with E-state index in [0.29, 0.717) is 0 Å². The highest BCUT2D eigenvalue weighted by molar-refractivity contribution is 7.98. The van der Waals surface area contributed by atoms with Crippen molar-refractivity contribution in [1.29, 1.82) is 0 Å². The Bertz CT molecular complexity index is 389. The number of pyridine rings is 1. The minimum absolute atomic E-state index is 0.308. The second-order valence-electron chi connectivity index (χ2n) is 5.21. The highest BCUT2D eigenvalue weighted by atomic mass is 32.2. The summed E-state index contributed by atoms with van der Waals surface area (Å²) in [6, 6.07) is 4.01. The molecule has 2 heterocycles. The van der Waals surface area contributed by atoms with Gasteiger partial charge in [-0.15, -0.1) is 11.8 Å². The van der Waals surface area contributed by atoms with Crippen molar-refractivity contribution in [3.05, 3.63) is 18.3 Å². The summed E-state index contributed by atoms with van der Waals surface area (Å²) in [7, 11) is -0.365. The normalized spacial score (nSPS) is 21.8. The molecule has 1 aliphatic rings. The maximum absolute atomic E-state index is 5.93. The maximum Gasteiger partial charge on any atom is 0.514 e. The Hall–Kier alpha value is -0.515. The Balaban J connectivity index is 2.20. The first-order chi connectivity index (χ1) is 7.86. The molecule has 0 radical (unpaired) electrons. The molecule has 0 saturated carbocycles. The number of aromatic nitrogens is 1. The third-order valence-electron chi connectivity index (χ3n) is 3.49. The fourth-order valence-corrected chi connectivity index (χ4v) is 1.98. The SMILES string of the molecule is CSc1ccc(B2OC(C)(C)C(C)(C)O2)nc1. The number of hydrogen-bond acceptors (Lipinski definition) is 4.